The molecule has 0 fully saturated rings. The molecule has 0 saturated heterocycles. The van der Waals surface area contributed by atoms with Gasteiger partial charge in [-0.3, -0.25) is 4.79 Å². The molecule has 0 bridgehead atoms. The number of rotatable bonds is 6. The van der Waals surface area contributed by atoms with Crippen molar-refractivity contribution in [3.05, 3.63) is 52.8 Å². The van der Waals surface area contributed by atoms with Gasteiger partial charge in [-0.15, -0.1) is 0 Å². The van der Waals surface area contributed by atoms with Gasteiger partial charge in [-0.2, -0.15) is 0 Å². The zero-order chi connectivity index (χ0) is 20.5. The van der Waals surface area contributed by atoms with Gasteiger partial charge in [0.2, 0.25) is 10.0 Å². The number of carbonyl (C=O) groups is 1. The van der Waals surface area contributed by atoms with Crippen LogP contribution in [0.1, 0.15) is 47.1 Å². The molecular weight excluding hydrogens is 380 g/mol. The summed E-state index contributed by atoms with van der Waals surface area (Å²) in [6.07, 6.45) is 0. The molecule has 1 amide bonds. The minimum Gasteiger partial charge on any atom is -0.348 e. The molecule has 28 heavy (non-hydrogen) atoms. The maximum absolute atomic E-state index is 12.8. The Bertz CT molecular complexity index is 1120. The number of nitrogens with one attached hydrogen (secondary N) is 2. The highest BCUT2D eigenvalue weighted by Gasteiger charge is 2.19. The van der Waals surface area contributed by atoms with Gasteiger partial charge in [0.05, 0.1) is 21.5 Å². The van der Waals surface area contributed by atoms with Gasteiger partial charge < -0.3 is 9.84 Å². The lowest BCUT2D eigenvalue weighted by Crippen LogP contribution is -2.23. The Balaban J connectivity index is 1.83. The minimum atomic E-state index is -3.49. The second kappa shape index (κ2) is 7.69. The van der Waals surface area contributed by atoms with Crippen LogP contribution in [0.5, 0.6) is 0 Å². The van der Waals surface area contributed by atoms with Gasteiger partial charge in [0.15, 0.2) is 0 Å². The van der Waals surface area contributed by atoms with Gasteiger partial charge in [-0.05, 0) is 43.7 Å². The van der Waals surface area contributed by atoms with Crippen LogP contribution < -0.4 is 10.0 Å². The van der Waals surface area contributed by atoms with Crippen molar-refractivity contribution in [2.24, 2.45) is 0 Å². The Kier molecular flexibility index (Phi) is 5.48. The molecule has 2 heterocycles. The fourth-order valence-corrected chi connectivity index (χ4v) is 3.50. The number of amides is 1. The summed E-state index contributed by atoms with van der Waals surface area (Å²) in [6, 6.07) is 8.08. The number of aromatic nitrogens is 2. The molecule has 0 spiro atoms. The smallest absolute Gasteiger partial charge is 0.259 e. The monoisotopic (exact) mass is 402 g/mol. The van der Waals surface area contributed by atoms with Crippen molar-refractivity contribution in [1.29, 1.82) is 0 Å². The molecule has 9 heteroatoms. The molecule has 0 aliphatic heterocycles. The van der Waals surface area contributed by atoms with Crippen LogP contribution in [-0.2, 0) is 16.6 Å². The van der Waals surface area contributed by atoms with Crippen molar-refractivity contribution in [3.63, 3.8) is 0 Å². The second-order valence-electron chi connectivity index (χ2n) is 6.73. The quantitative estimate of drug-likeness (QED) is 0.655. The van der Waals surface area contributed by atoms with Crippen molar-refractivity contribution in [2.45, 2.75) is 38.1 Å². The predicted molar refractivity (Wildman–Crippen MR) is 104 cm³/mol. The molecule has 2 N–H and O–H groups in total. The lowest BCUT2D eigenvalue weighted by atomic mass is 10.0. The molecule has 2 aromatic heterocycles. The third-order valence-electron chi connectivity index (χ3n) is 4.43. The number of pyridine rings is 1. The number of hydrogen-bond donors (Lipinski definition) is 2. The maximum Gasteiger partial charge on any atom is 0.259 e. The van der Waals surface area contributed by atoms with Crippen molar-refractivity contribution in [1.82, 2.24) is 20.2 Å². The summed E-state index contributed by atoms with van der Waals surface area (Å²) in [4.78, 5) is 17.4. The van der Waals surface area contributed by atoms with E-state index >= 15 is 0 Å². The fraction of sp³-hybridized carbons (Fsp3) is 0.316. The number of nitrogens with zero attached hydrogens (tertiary/aromatic N) is 2. The maximum atomic E-state index is 12.8. The number of carbonyl (C=O) groups excluding carboxylic acids is 1. The van der Waals surface area contributed by atoms with E-state index in [9.17, 15) is 13.2 Å². The Labute approximate surface area is 163 Å². The summed E-state index contributed by atoms with van der Waals surface area (Å²) >= 11 is 0. The van der Waals surface area contributed by atoms with Crippen molar-refractivity contribution in [2.75, 3.05) is 7.05 Å². The van der Waals surface area contributed by atoms with Crippen LogP contribution in [0.15, 0.2) is 39.8 Å². The molecule has 0 aliphatic rings. The van der Waals surface area contributed by atoms with E-state index in [0.717, 1.165) is 11.3 Å². The van der Waals surface area contributed by atoms with Gasteiger partial charge in [-0.25, -0.2) is 18.1 Å². The average molecular weight is 402 g/mol. The number of sulfonamides is 1. The van der Waals surface area contributed by atoms with E-state index in [0.29, 0.717) is 22.4 Å². The first-order chi connectivity index (χ1) is 13.2. The van der Waals surface area contributed by atoms with Gasteiger partial charge in [0, 0.05) is 12.2 Å². The Morgan fingerprint density at radius 3 is 2.50 bits per heavy atom. The van der Waals surface area contributed by atoms with Gasteiger partial charge in [-0.1, -0.05) is 31.1 Å². The Morgan fingerprint density at radius 2 is 1.89 bits per heavy atom. The summed E-state index contributed by atoms with van der Waals surface area (Å²) in [7, 11) is -2.13. The largest absolute Gasteiger partial charge is 0.348 e. The lowest BCUT2D eigenvalue weighted by molar-refractivity contribution is 0.0952. The Hall–Kier alpha value is -2.78. The van der Waals surface area contributed by atoms with Crippen molar-refractivity contribution < 1.29 is 17.7 Å². The molecule has 0 aliphatic carbocycles. The van der Waals surface area contributed by atoms with Crippen LogP contribution >= 0.6 is 0 Å². The van der Waals surface area contributed by atoms with Crippen LogP contribution in [0.25, 0.3) is 11.1 Å². The normalized spacial score (nSPS) is 11.9. The highest BCUT2D eigenvalue weighted by atomic mass is 32.2. The first-order valence-electron chi connectivity index (χ1n) is 8.80. The van der Waals surface area contributed by atoms with E-state index in [1.165, 1.54) is 19.2 Å². The molecular formula is C19H22N4O4S. The van der Waals surface area contributed by atoms with Crippen LogP contribution in [0.4, 0.5) is 0 Å². The van der Waals surface area contributed by atoms with Gasteiger partial charge >= 0.3 is 0 Å². The standard InChI is InChI=1S/C19H22N4O4S/c1-11(2)16-9-15(17-12(3)23-27-19(17)22-16)18(24)21-10-13-5-7-14(8-6-13)28(25,26)20-4/h5-9,11,20H,10H2,1-4H3,(H,21,24). The molecule has 0 saturated carbocycles. The van der Waals surface area contributed by atoms with Gasteiger partial charge in [0.1, 0.15) is 0 Å². The summed E-state index contributed by atoms with van der Waals surface area (Å²) in [5.74, 6) is -0.143. The highest BCUT2D eigenvalue weighted by Crippen LogP contribution is 2.25. The van der Waals surface area contributed by atoms with E-state index in [1.807, 2.05) is 13.8 Å². The van der Waals surface area contributed by atoms with E-state index in [2.05, 4.69) is 20.2 Å². The van der Waals surface area contributed by atoms with E-state index in [4.69, 9.17) is 4.52 Å². The molecule has 0 radical (unpaired) electrons. The second-order valence-corrected chi connectivity index (χ2v) is 8.62. The first kappa shape index (κ1) is 20.0. The third-order valence-corrected chi connectivity index (χ3v) is 5.86. The first-order valence-corrected chi connectivity index (χ1v) is 10.3. The molecule has 3 rings (SSSR count). The number of hydrogen-bond acceptors (Lipinski definition) is 6. The topological polar surface area (TPSA) is 114 Å². The van der Waals surface area contributed by atoms with Crippen LogP contribution in [0.3, 0.4) is 0 Å². The van der Waals surface area contributed by atoms with Crippen molar-refractivity contribution in [3.8, 4) is 0 Å². The molecule has 148 valence electrons. The van der Waals surface area contributed by atoms with E-state index < -0.39 is 10.0 Å². The predicted octanol–water partition coefficient (Wildman–Crippen LogP) is 2.49. The molecule has 8 nitrogen and oxygen atoms in total. The highest BCUT2D eigenvalue weighted by molar-refractivity contribution is 7.89. The summed E-state index contributed by atoms with van der Waals surface area (Å²) in [6.45, 7) is 5.99. The number of fused-ring (bicyclic) bond motifs is 1. The van der Waals surface area contributed by atoms with E-state index in [1.54, 1.807) is 25.1 Å². The van der Waals surface area contributed by atoms with Crippen LogP contribution in [-0.4, -0.2) is 31.5 Å². The zero-order valence-electron chi connectivity index (χ0n) is 16.1. The summed E-state index contributed by atoms with van der Waals surface area (Å²) in [5, 5.41) is 7.37. The fourth-order valence-electron chi connectivity index (χ4n) is 2.77. The number of benzene rings is 1. The average Bonchev–Trinajstić information content (AvgIpc) is 3.06. The van der Waals surface area contributed by atoms with Crippen LogP contribution in [0.2, 0.25) is 0 Å². The minimum absolute atomic E-state index is 0.128. The SMILES string of the molecule is CNS(=O)(=O)c1ccc(CNC(=O)c2cc(C(C)C)nc3onc(C)c23)cc1. The Morgan fingerprint density at radius 1 is 1.21 bits per heavy atom. The van der Waals surface area contributed by atoms with E-state index in [-0.39, 0.29) is 23.3 Å². The molecule has 0 atom stereocenters. The number of aryl methyl sites for hydroxylation is 1. The summed E-state index contributed by atoms with van der Waals surface area (Å²) < 4.78 is 31.1. The lowest BCUT2D eigenvalue weighted by Gasteiger charge is -2.10. The zero-order valence-corrected chi connectivity index (χ0v) is 16.9. The molecule has 1 aromatic carbocycles. The molecule has 3 aromatic rings. The summed E-state index contributed by atoms with van der Waals surface area (Å²) in [5.41, 5.74) is 2.93. The van der Waals surface area contributed by atoms with Crippen molar-refractivity contribution >= 4 is 27.0 Å². The third kappa shape index (κ3) is 3.90. The van der Waals surface area contributed by atoms with Crippen LogP contribution in [0, 0.1) is 6.92 Å². The van der Waals surface area contributed by atoms with Gasteiger partial charge in [0.25, 0.3) is 11.6 Å². The molecule has 0 unspecified atom stereocenters.